The van der Waals surface area contributed by atoms with E-state index in [9.17, 15) is 23.1 Å². The first-order chi connectivity index (χ1) is 13.6. The number of carbonyl (C=O) groups is 1. The standard InChI is InChI=1S/C21H16ClF3O4/c1-11-16-10-15(29-19-8-5-14(9-17(19)22)21(23,24)25)6-3-13(16)4-7-18(11)28-12(2)20(26)27/h3-10,12H,1-2H3,(H,26,27)/p-1. The number of halogens is 4. The lowest BCUT2D eigenvalue weighted by Gasteiger charge is -2.18. The van der Waals surface area contributed by atoms with E-state index in [-0.39, 0.29) is 10.8 Å². The maximum atomic E-state index is 12.8. The van der Waals surface area contributed by atoms with E-state index in [1.54, 1.807) is 37.3 Å². The van der Waals surface area contributed by atoms with E-state index in [0.29, 0.717) is 17.1 Å². The fourth-order valence-corrected chi connectivity index (χ4v) is 2.96. The Bertz CT molecular complexity index is 1080. The lowest BCUT2D eigenvalue weighted by molar-refractivity contribution is -0.312. The Labute approximate surface area is 169 Å². The number of ether oxygens (including phenoxy) is 2. The zero-order valence-corrected chi connectivity index (χ0v) is 16.1. The predicted octanol–water partition coefficient (Wildman–Crippen LogP) is 5.13. The van der Waals surface area contributed by atoms with Crippen LogP contribution in [0.4, 0.5) is 13.2 Å². The van der Waals surface area contributed by atoms with Crippen molar-refractivity contribution in [3.63, 3.8) is 0 Å². The highest BCUT2D eigenvalue weighted by Crippen LogP contribution is 2.37. The van der Waals surface area contributed by atoms with E-state index in [2.05, 4.69) is 0 Å². The van der Waals surface area contributed by atoms with Crippen molar-refractivity contribution in [2.45, 2.75) is 26.1 Å². The van der Waals surface area contributed by atoms with Crippen molar-refractivity contribution >= 4 is 28.3 Å². The van der Waals surface area contributed by atoms with Gasteiger partial charge in [0, 0.05) is 0 Å². The summed E-state index contributed by atoms with van der Waals surface area (Å²) in [5.41, 5.74) is -0.187. The van der Waals surface area contributed by atoms with Crippen LogP contribution in [0.25, 0.3) is 10.8 Å². The molecule has 152 valence electrons. The molecule has 0 radical (unpaired) electrons. The summed E-state index contributed by atoms with van der Waals surface area (Å²) in [7, 11) is 0. The molecule has 3 aromatic carbocycles. The Hall–Kier alpha value is -2.93. The zero-order valence-electron chi connectivity index (χ0n) is 15.3. The lowest BCUT2D eigenvalue weighted by Crippen LogP contribution is -2.37. The van der Waals surface area contributed by atoms with Gasteiger partial charge in [0.15, 0.2) is 0 Å². The van der Waals surface area contributed by atoms with Crippen LogP contribution in [0.5, 0.6) is 17.2 Å². The van der Waals surface area contributed by atoms with Gasteiger partial charge < -0.3 is 19.4 Å². The number of hydrogen-bond donors (Lipinski definition) is 0. The van der Waals surface area contributed by atoms with Gasteiger partial charge >= 0.3 is 6.18 Å². The molecule has 0 saturated heterocycles. The van der Waals surface area contributed by atoms with Gasteiger partial charge in [-0.2, -0.15) is 13.2 Å². The summed E-state index contributed by atoms with van der Waals surface area (Å²) in [4.78, 5) is 10.9. The van der Waals surface area contributed by atoms with Crippen LogP contribution in [0.2, 0.25) is 5.02 Å². The van der Waals surface area contributed by atoms with Gasteiger partial charge in [0.2, 0.25) is 0 Å². The Morgan fingerprint density at radius 2 is 1.72 bits per heavy atom. The largest absolute Gasteiger partial charge is 0.546 e. The average Bonchev–Trinajstić information content (AvgIpc) is 2.65. The van der Waals surface area contributed by atoms with Crippen molar-refractivity contribution in [1.82, 2.24) is 0 Å². The quantitative estimate of drug-likeness (QED) is 0.571. The summed E-state index contributed by atoms with van der Waals surface area (Å²) in [6.07, 6.45) is -5.63. The molecular formula is C21H15ClF3O4-. The molecule has 0 aromatic heterocycles. The summed E-state index contributed by atoms with van der Waals surface area (Å²) in [5.74, 6) is -0.528. The molecule has 0 aliphatic heterocycles. The zero-order chi connectivity index (χ0) is 21.3. The maximum absolute atomic E-state index is 12.8. The minimum atomic E-state index is -4.50. The molecule has 0 amide bonds. The molecule has 8 heteroatoms. The first-order valence-electron chi connectivity index (χ1n) is 8.52. The number of aryl methyl sites for hydroxylation is 1. The van der Waals surface area contributed by atoms with Gasteiger partial charge in [-0.15, -0.1) is 0 Å². The van der Waals surface area contributed by atoms with Crippen LogP contribution in [0, 0.1) is 6.92 Å². The molecule has 0 spiro atoms. The maximum Gasteiger partial charge on any atom is 0.416 e. The summed E-state index contributed by atoms with van der Waals surface area (Å²) in [6, 6.07) is 11.4. The number of rotatable bonds is 5. The molecule has 1 unspecified atom stereocenters. The monoisotopic (exact) mass is 423 g/mol. The van der Waals surface area contributed by atoms with Crippen LogP contribution < -0.4 is 14.6 Å². The summed E-state index contributed by atoms with van der Waals surface area (Å²) in [6.45, 7) is 3.12. The molecule has 1 atom stereocenters. The van der Waals surface area contributed by atoms with Gasteiger partial charge in [-0.3, -0.25) is 0 Å². The van der Waals surface area contributed by atoms with E-state index >= 15 is 0 Å². The SMILES string of the molecule is Cc1c(OC(C)C(=O)[O-])ccc2ccc(Oc3ccc(C(F)(F)F)cc3Cl)cc12. The molecule has 0 aliphatic carbocycles. The van der Waals surface area contributed by atoms with Crippen LogP contribution in [-0.2, 0) is 11.0 Å². The predicted molar refractivity (Wildman–Crippen MR) is 100 cm³/mol. The van der Waals surface area contributed by atoms with E-state index in [4.69, 9.17) is 21.1 Å². The molecule has 0 heterocycles. The first-order valence-corrected chi connectivity index (χ1v) is 8.89. The third-order valence-corrected chi connectivity index (χ3v) is 4.63. The van der Waals surface area contributed by atoms with Crippen molar-refractivity contribution in [1.29, 1.82) is 0 Å². The molecule has 0 aliphatic rings. The third kappa shape index (κ3) is 4.56. The van der Waals surface area contributed by atoms with Gasteiger partial charge in [0.25, 0.3) is 0 Å². The second kappa shape index (κ2) is 7.83. The van der Waals surface area contributed by atoms with Gasteiger partial charge in [0.1, 0.15) is 23.4 Å². The summed E-state index contributed by atoms with van der Waals surface area (Å²) >= 11 is 5.94. The van der Waals surface area contributed by atoms with Crippen molar-refractivity contribution < 1.29 is 32.5 Å². The molecule has 3 aromatic rings. The van der Waals surface area contributed by atoms with E-state index in [0.717, 1.165) is 29.0 Å². The van der Waals surface area contributed by atoms with E-state index < -0.39 is 23.8 Å². The average molecular weight is 424 g/mol. The summed E-state index contributed by atoms with van der Waals surface area (Å²) < 4.78 is 49.4. The second-order valence-corrected chi connectivity index (χ2v) is 6.80. The normalized spacial score (nSPS) is 12.6. The van der Waals surface area contributed by atoms with Crippen LogP contribution in [0.1, 0.15) is 18.1 Å². The number of carboxylic acid groups (broad SMARTS) is 1. The Kier molecular flexibility index (Phi) is 5.61. The molecule has 4 nitrogen and oxygen atoms in total. The number of aliphatic carboxylic acids is 1. The van der Waals surface area contributed by atoms with Crippen molar-refractivity contribution in [2.24, 2.45) is 0 Å². The number of carboxylic acids is 1. The molecular weight excluding hydrogens is 409 g/mol. The second-order valence-electron chi connectivity index (χ2n) is 6.40. The van der Waals surface area contributed by atoms with Crippen LogP contribution in [-0.4, -0.2) is 12.1 Å². The number of carbonyl (C=O) groups excluding carboxylic acids is 1. The number of hydrogen-bond acceptors (Lipinski definition) is 4. The van der Waals surface area contributed by atoms with Crippen LogP contribution in [0.15, 0.2) is 48.5 Å². The van der Waals surface area contributed by atoms with Crippen LogP contribution in [0.3, 0.4) is 0 Å². The van der Waals surface area contributed by atoms with E-state index in [1.807, 2.05) is 0 Å². The minimum Gasteiger partial charge on any atom is -0.546 e. The highest BCUT2D eigenvalue weighted by atomic mass is 35.5. The minimum absolute atomic E-state index is 0.0784. The van der Waals surface area contributed by atoms with Gasteiger partial charge in [-0.25, -0.2) is 0 Å². The molecule has 0 saturated carbocycles. The molecule has 29 heavy (non-hydrogen) atoms. The topological polar surface area (TPSA) is 58.6 Å². The highest BCUT2D eigenvalue weighted by Gasteiger charge is 2.31. The molecule has 0 N–H and O–H groups in total. The Morgan fingerprint density at radius 3 is 2.34 bits per heavy atom. The fourth-order valence-electron chi connectivity index (χ4n) is 2.75. The highest BCUT2D eigenvalue weighted by molar-refractivity contribution is 6.32. The van der Waals surface area contributed by atoms with Crippen molar-refractivity contribution in [2.75, 3.05) is 0 Å². The van der Waals surface area contributed by atoms with Gasteiger partial charge in [-0.05, 0) is 66.6 Å². The smallest absolute Gasteiger partial charge is 0.416 e. The Balaban J connectivity index is 1.93. The number of benzene rings is 3. The number of fused-ring (bicyclic) bond motifs is 1. The van der Waals surface area contributed by atoms with Crippen molar-refractivity contribution in [3.8, 4) is 17.2 Å². The third-order valence-electron chi connectivity index (χ3n) is 4.34. The lowest BCUT2D eigenvalue weighted by atomic mass is 10.0. The first kappa shape index (κ1) is 20.8. The number of alkyl halides is 3. The fraction of sp³-hybridized carbons (Fsp3) is 0.190. The van der Waals surface area contributed by atoms with Crippen LogP contribution >= 0.6 is 11.6 Å². The van der Waals surface area contributed by atoms with E-state index in [1.165, 1.54) is 6.92 Å². The van der Waals surface area contributed by atoms with Gasteiger partial charge in [0.05, 0.1) is 16.6 Å². The van der Waals surface area contributed by atoms with Crippen molar-refractivity contribution in [3.05, 3.63) is 64.7 Å². The van der Waals surface area contributed by atoms with Gasteiger partial charge in [-0.1, -0.05) is 23.7 Å². The summed E-state index contributed by atoms with van der Waals surface area (Å²) in [5, 5.41) is 12.3. The molecule has 3 rings (SSSR count). The molecule has 0 fully saturated rings. The Morgan fingerprint density at radius 1 is 1.07 bits per heavy atom. The molecule has 0 bridgehead atoms.